The lowest BCUT2D eigenvalue weighted by Gasteiger charge is -2.14. The van der Waals surface area contributed by atoms with Gasteiger partial charge in [0.15, 0.2) is 6.10 Å². The molecule has 0 radical (unpaired) electrons. The number of esters is 1. The van der Waals surface area contributed by atoms with Crippen molar-refractivity contribution in [2.45, 2.75) is 26.9 Å². The SMILES string of the molecule is Cc1ccc(NC(=O)C(C)OC(=O)c2ccc3nc(-c4ccccc4)[nH]c3c2)cc1C. The second kappa shape index (κ2) is 8.44. The van der Waals surface area contributed by atoms with Crippen molar-refractivity contribution in [3.63, 3.8) is 0 Å². The molecule has 0 fully saturated rings. The molecule has 0 saturated heterocycles. The fourth-order valence-electron chi connectivity index (χ4n) is 3.21. The molecule has 156 valence electrons. The molecule has 0 aliphatic heterocycles. The number of H-pyrrole nitrogens is 1. The van der Waals surface area contributed by atoms with Gasteiger partial charge in [0.1, 0.15) is 5.82 Å². The minimum absolute atomic E-state index is 0.349. The maximum Gasteiger partial charge on any atom is 0.338 e. The number of nitrogens with zero attached hydrogens (tertiary/aromatic N) is 1. The number of benzene rings is 3. The molecule has 6 nitrogen and oxygen atoms in total. The van der Waals surface area contributed by atoms with Crippen LogP contribution in [0.2, 0.25) is 0 Å². The average Bonchev–Trinajstić information content (AvgIpc) is 3.20. The van der Waals surface area contributed by atoms with Gasteiger partial charge in [0.05, 0.1) is 16.6 Å². The molecule has 0 bridgehead atoms. The van der Waals surface area contributed by atoms with Crippen LogP contribution < -0.4 is 5.32 Å². The van der Waals surface area contributed by atoms with E-state index < -0.39 is 12.1 Å². The highest BCUT2D eigenvalue weighted by molar-refractivity contribution is 5.98. The van der Waals surface area contributed by atoms with Crippen LogP contribution in [0.4, 0.5) is 5.69 Å². The predicted molar refractivity (Wildman–Crippen MR) is 121 cm³/mol. The second-order valence-corrected chi connectivity index (χ2v) is 7.52. The Balaban J connectivity index is 1.45. The van der Waals surface area contributed by atoms with Gasteiger partial charge < -0.3 is 15.0 Å². The van der Waals surface area contributed by atoms with Gasteiger partial charge in [-0.1, -0.05) is 36.4 Å². The van der Waals surface area contributed by atoms with Gasteiger partial charge >= 0.3 is 5.97 Å². The zero-order valence-electron chi connectivity index (χ0n) is 17.6. The number of hydrogen-bond acceptors (Lipinski definition) is 4. The Kier molecular flexibility index (Phi) is 5.54. The van der Waals surface area contributed by atoms with E-state index in [9.17, 15) is 9.59 Å². The molecule has 31 heavy (non-hydrogen) atoms. The van der Waals surface area contributed by atoms with E-state index in [2.05, 4.69) is 15.3 Å². The third-order valence-electron chi connectivity index (χ3n) is 5.19. The largest absolute Gasteiger partial charge is 0.449 e. The maximum atomic E-state index is 12.6. The number of rotatable bonds is 5. The Labute approximate surface area is 180 Å². The minimum Gasteiger partial charge on any atom is -0.449 e. The Morgan fingerprint density at radius 2 is 1.74 bits per heavy atom. The number of carbonyl (C=O) groups is 2. The minimum atomic E-state index is -0.938. The van der Waals surface area contributed by atoms with Gasteiger partial charge in [-0.15, -0.1) is 0 Å². The van der Waals surface area contributed by atoms with Crippen LogP contribution in [0, 0.1) is 13.8 Å². The summed E-state index contributed by atoms with van der Waals surface area (Å²) in [6.45, 7) is 5.53. The monoisotopic (exact) mass is 413 g/mol. The maximum absolute atomic E-state index is 12.6. The first kappa shape index (κ1) is 20.3. The van der Waals surface area contributed by atoms with E-state index in [4.69, 9.17) is 4.74 Å². The molecular formula is C25H23N3O3. The highest BCUT2D eigenvalue weighted by Crippen LogP contribution is 2.22. The molecule has 2 N–H and O–H groups in total. The van der Waals surface area contributed by atoms with Crippen LogP contribution in [0.25, 0.3) is 22.4 Å². The number of fused-ring (bicyclic) bond motifs is 1. The zero-order valence-corrected chi connectivity index (χ0v) is 17.6. The Morgan fingerprint density at radius 1 is 0.968 bits per heavy atom. The van der Waals surface area contributed by atoms with Gasteiger partial charge in [-0.2, -0.15) is 0 Å². The van der Waals surface area contributed by atoms with Gasteiger partial charge in [0, 0.05) is 11.3 Å². The van der Waals surface area contributed by atoms with Crippen molar-refractivity contribution in [2.75, 3.05) is 5.32 Å². The summed E-state index contributed by atoms with van der Waals surface area (Å²) in [5, 5.41) is 2.79. The van der Waals surface area contributed by atoms with Crippen molar-refractivity contribution >= 4 is 28.6 Å². The Bertz CT molecular complexity index is 1260. The van der Waals surface area contributed by atoms with Crippen LogP contribution in [0.3, 0.4) is 0 Å². The number of nitrogens with one attached hydrogen (secondary N) is 2. The van der Waals surface area contributed by atoms with Crippen LogP contribution in [-0.2, 0) is 9.53 Å². The smallest absolute Gasteiger partial charge is 0.338 e. The van der Waals surface area contributed by atoms with Crippen molar-refractivity contribution in [1.82, 2.24) is 9.97 Å². The summed E-state index contributed by atoms with van der Waals surface area (Å²) < 4.78 is 5.38. The first-order chi connectivity index (χ1) is 14.9. The fourth-order valence-corrected chi connectivity index (χ4v) is 3.21. The zero-order chi connectivity index (χ0) is 22.0. The number of anilines is 1. The number of hydrogen-bond donors (Lipinski definition) is 2. The number of carbonyl (C=O) groups excluding carboxylic acids is 2. The fraction of sp³-hybridized carbons (Fsp3) is 0.160. The molecule has 1 atom stereocenters. The lowest BCUT2D eigenvalue weighted by molar-refractivity contribution is -0.123. The Hall–Kier alpha value is -3.93. The van der Waals surface area contributed by atoms with E-state index in [1.807, 2.05) is 62.4 Å². The van der Waals surface area contributed by atoms with Gasteiger partial charge in [-0.05, 0) is 62.2 Å². The lowest BCUT2D eigenvalue weighted by atomic mass is 10.1. The topological polar surface area (TPSA) is 84.1 Å². The van der Waals surface area contributed by atoms with E-state index in [0.29, 0.717) is 11.3 Å². The molecule has 1 heterocycles. The van der Waals surface area contributed by atoms with Gasteiger partial charge in [-0.3, -0.25) is 4.79 Å². The van der Waals surface area contributed by atoms with E-state index in [-0.39, 0.29) is 5.91 Å². The molecule has 0 aliphatic carbocycles. The first-order valence-corrected chi connectivity index (χ1v) is 10.0. The number of aromatic amines is 1. The summed E-state index contributed by atoms with van der Waals surface area (Å²) in [7, 11) is 0. The summed E-state index contributed by atoms with van der Waals surface area (Å²) in [4.78, 5) is 32.8. The molecule has 1 amide bonds. The number of imidazole rings is 1. The van der Waals surface area contributed by atoms with Crippen LogP contribution in [0.5, 0.6) is 0 Å². The van der Waals surface area contributed by atoms with Crippen LogP contribution in [0.15, 0.2) is 66.7 Å². The van der Waals surface area contributed by atoms with Crippen LogP contribution >= 0.6 is 0 Å². The number of aromatic nitrogens is 2. The van der Waals surface area contributed by atoms with E-state index in [1.54, 1.807) is 25.1 Å². The van der Waals surface area contributed by atoms with Crippen molar-refractivity contribution in [2.24, 2.45) is 0 Å². The first-order valence-electron chi connectivity index (χ1n) is 10.0. The summed E-state index contributed by atoms with van der Waals surface area (Å²) in [5.74, 6) is -0.228. The third kappa shape index (κ3) is 4.48. The third-order valence-corrected chi connectivity index (χ3v) is 5.19. The lowest BCUT2D eigenvalue weighted by Crippen LogP contribution is -2.30. The average molecular weight is 413 g/mol. The summed E-state index contributed by atoms with van der Waals surface area (Å²) >= 11 is 0. The second-order valence-electron chi connectivity index (χ2n) is 7.52. The van der Waals surface area contributed by atoms with E-state index >= 15 is 0 Å². The van der Waals surface area contributed by atoms with Gasteiger partial charge in [-0.25, -0.2) is 9.78 Å². The van der Waals surface area contributed by atoms with Crippen molar-refractivity contribution in [3.8, 4) is 11.4 Å². The number of amides is 1. The highest BCUT2D eigenvalue weighted by atomic mass is 16.5. The summed E-state index contributed by atoms with van der Waals surface area (Å²) in [5.41, 5.74) is 5.66. The van der Waals surface area contributed by atoms with Gasteiger partial charge in [0.25, 0.3) is 5.91 Å². The molecule has 6 heteroatoms. The normalized spacial score (nSPS) is 11.8. The number of ether oxygens (including phenoxy) is 1. The molecular weight excluding hydrogens is 390 g/mol. The standard InChI is InChI=1S/C25H23N3O3/c1-15-9-11-20(13-16(15)2)26-24(29)17(3)31-25(30)19-10-12-21-22(14-19)28-23(27-21)18-7-5-4-6-8-18/h4-14,17H,1-3H3,(H,26,29)(H,27,28). The molecule has 3 aromatic carbocycles. The van der Waals surface area contributed by atoms with Crippen molar-refractivity contribution in [3.05, 3.63) is 83.4 Å². The Morgan fingerprint density at radius 3 is 2.48 bits per heavy atom. The molecule has 1 aromatic heterocycles. The van der Waals surface area contributed by atoms with Crippen molar-refractivity contribution < 1.29 is 14.3 Å². The highest BCUT2D eigenvalue weighted by Gasteiger charge is 2.20. The molecule has 0 aliphatic rings. The quantitative estimate of drug-likeness (QED) is 0.450. The van der Waals surface area contributed by atoms with Crippen LogP contribution in [0.1, 0.15) is 28.4 Å². The van der Waals surface area contributed by atoms with Crippen LogP contribution in [-0.4, -0.2) is 27.9 Å². The molecule has 4 aromatic rings. The summed E-state index contributed by atoms with van der Waals surface area (Å²) in [6.07, 6.45) is -0.938. The summed E-state index contributed by atoms with van der Waals surface area (Å²) in [6, 6.07) is 20.5. The molecule has 0 spiro atoms. The molecule has 0 saturated carbocycles. The molecule has 1 unspecified atom stereocenters. The molecule has 4 rings (SSSR count). The number of aryl methyl sites for hydroxylation is 2. The van der Waals surface area contributed by atoms with E-state index in [0.717, 1.165) is 33.5 Å². The van der Waals surface area contributed by atoms with Gasteiger partial charge in [0.2, 0.25) is 0 Å². The predicted octanol–water partition coefficient (Wildman–Crippen LogP) is 5.03. The van der Waals surface area contributed by atoms with Crippen molar-refractivity contribution in [1.29, 1.82) is 0 Å². The van der Waals surface area contributed by atoms with E-state index in [1.165, 1.54) is 0 Å².